The van der Waals surface area contributed by atoms with Crippen molar-refractivity contribution in [3.8, 4) is 0 Å². The molecule has 0 saturated carbocycles. The van der Waals surface area contributed by atoms with Crippen LogP contribution in [0.25, 0.3) is 22.4 Å². The number of hydrogen-bond donors (Lipinski definition) is 1. The molecule has 2 aromatic heterocycles. The fraction of sp³-hybridized carbons (Fsp3) is 0.200. The van der Waals surface area contributed by atoms with Crippen LogP contribution in [0.2, 0.25) is 10.0 Å². The summed E-state index contributed by atoms with van der Waals surface area (Å²) in [6.45, 7) is 4.51. The molecular weight excluding hydrogens is 385 g/mol. The molecule has 0 aliphatic heterocycles. The van der Waals surface area contributed by atoms with Crippen molar-refractivity contribution in [2.45, 2.75) is 25.7 Å². The Bertz CT molecular complexity index is 1080. The maximum absolute atomic E-state index is 6.14. The molecule has 2 heterocycles. The van der Waals surface area contributed by atoms with Crippen molar-refractivity contribution in [1.29, 1.82) is 0 Å². The standard InChI is InChI=1S/C20H17Cl2N3S/c1-20(2)9-12(4-3-11-5-6-14(21)15(22)8-11)7-13-16-18(23)24-10-25-19(16)26-17(13)20/h3-8,10H,9H2,1-2H3,(H2,23,24,25)/b4-3+. The minimum atomic E-state index is 0.0131. The van der Waals surface area contributed by atoms with Gasteiger partial charge in [0.1, 0.15) is 17.0 Å². The van der Waals surface area contributed by atoms with Crippen molar-refractivity contribution in [3.63, 3.8) is 0 Å². The normalized spacial score (nSPS) is 16.1. The van der Waals surface area contributed by atoms with E-state index in [2.05, 4.69) is 42.0 Å². The second-order valence-corrected chi connectivity index (χ2v) is 8.88. The number of rotatable bonds is 2. The molecular formula is C20H17Cl2N3S. The van der Waals surface area contributed by atoms with Gasteiger partial charge < -0.3 is 5.73 Å². The molecule has 1 aliphatic rings. The maximum Gasteiger partial charge on any atom is 0.136 e. The van der Waals surface area contributed by atoms with Gasteiger partial charge in [0, 0.05) is 15.9 Å². The number of thiophene rings is 1. The van der Waals surface area contributed by atoms with Crippen LogP contribution in [-0.2, 0) is 5.41 Å². The lowest BCUT2D eigenvalue weighted by Gasteiger charge is -2.29. The summed E-state index contributed by atoms with van der Waals surface area (Å²) in [6, 6.07) is 5.63. The van der Waals surface area contributed by atoms with E-state index in [4.69, 9.17) is 28.9 Å². The Labute approximate surface area is 166 Å². The minimum Gasteiger partial charge on any atom is -0.383 e. The van der Waals surface area contributed by atoms with Gasteiger partial charge in [0.2, 0.25) is 0 Å². The summed E-state index contributed by atoms with van der Waals surface area (Å²) in [5, 5.41) is 2.08. The Morgan fingerprint density at radius 2 is 1.96 bits per heavy atom. The van der Waals surface area contributed by atoms with Gasteiger partial charge in [-0.25, -0.2) is 9.97 Å². The van der Waals surface area contributed by atoms with E-state index < -0.39 is 0 Å². The minimum absolute atomic E-state index is 0.0131. The molecule has 1 aliphatic carbocycles. The van der Waals surface area contributed by atoms with E-state index in [1.54, 1.807) is 11.3 Å². The highest BCUT2D eigenvalue weighted by Gasteiger charge is 2.32. The molecule has 4 rings (SSSR count). The van der Waals surface area contributed by atoms with Crippen LogP contribution < -0.4 is 5.73 Å². The first-order valence-corrected chi connectivity index (χ1v) is 9.79. The molecule has 0 saturated heterocycles. The molecule has 0 spiro atoms. The van der Waals surface area contributed by atoms with Crippen molar-refractivity contribution >= 4 is 62.7 Å². The van der Waals surface area contributed by atoms with Crippen LogP contribution in [0.3, 0.4) is 0 Å². The summed E-state index contributed by atoms with van der Waals surface area (Å²) in [4.78, 5) is 10.8. The zero-order valence-electron chi connectivity index (χ0n) is 14.4. The van der Waals surface area contributed by atoms with E-state index >= 15 is 0 Å². The van der Waals surface area contributed by atoms with E-state index in [1.165, 1.54) is 16.8 Å². The second-order valence-electron chi connectivity index (χ2n) is 7.07. The van der Waals surface area contributed by atoms with Gasteiger partial charge in [-0.2, -0.15) is 0 Å². The largest absolute Gasteiger partial charge is 0.383 e. The summed E-state index contributed by atoms with van der Waals surface area (Å²) >= 11 is 13.8. The van der Waals surface area contributed by atoms with Crippen molar-refractivity contribution in [1.82, 2.24) is 9.97 Å². The van der Waals surface area contributed by atoms with E-state index in [9.17, 15) is 0 Å². The number of fused-ring (bicyclic) bond motifs is 3. The third kappa shape index (κ3) is 3.02. The molecule has 6 heteroatoms. The van der Waals surface area contributed by atoms with Crippen LogP contribution in [0.5, 0.6) is 0 Å². The highest BCUT2D eigenvalue weighted by atomic mass is 35.5. The van der Waals surface area contributed by atoms with E-state index in [1.807, 2.05) is 18.2 Å². The van der Waals surface area contributed by atoms with Gasteiger partial charge >= 0.3 is 0 Å². The molecule has 0 radical (unpaired) electrons. The summed E-state index contributed by atoms with van der Waals surface area (Å²) in [6.07, 6.45) is 8.86. The molecule has 132 valence electrons. The number of nitrogens with zero attached hydrogens (tertiary/aromatic N) is 2. The van der Waals surface area contributed by atoms with Gasteiger partial charge in [-0.1, -0.05) is 55.3 Å². The van der Waals surface area contributed by atoms with Crippen molar-refractivity contribution in [3.05, 3.63) is 62.2 Å². The maximum atomic E-state index is 6.14. The van der Waals surface area contributed by atoms with Gasteiger partial charge in [-0.3, -0.25) is 0 Å². The van der Waals surface area contributed by atoms with Crippen LogP contribution in [0.1, 0.15) is 36.3 Å². The number of aromatic nitrogens is 2. The van der Waals surface area contributed by atoms with Crippen LogP contribution in [0, 0.1) is 0 Å². The van der Waals surface area contributed by atoms with Crippen LogP contribution in [0.15, 0.2) is 36.2 Å². The summed E-state index contributed by atoms with van der Waals surface area (Å²) in [5.41, 5.74) is 9.54. The Kier molecular flexibility index (Phi) is 4.30. The quantitative estimate of drug-likeness (QED) is 0.543. The fourth-order valence-electron chi connectivity index (χ4n) is 3.37. The smallest absolute Gasteiger partial charge is 0.136 e. The Morgan fingerprint density at radius 1 is 1.15 bits per heavy atom. The lowest BCUT2D eigenvalue weighted by atomic mass is 9.77. The summed E-state index contributed by atoms with van der Waals surface area (Å²) < 4.78 is 0. The van der Waals surface area contributed by atoms with Crippen LogP contribution in [0.4, 0.5) is 5.82 Å². The molecule has 0 atom stereocenters. The monoisotopic (exact) mass is 401 g/mol. The van der Waals surface area contributed by atoms with Gasteiger partial charge in [0.15, 0.2) is 0 Å². The van der Waals surface area contributed by atoms with Gasteiger partial charge in [0.25, 0.3) is 0 Å². The zero-order valence-corrected chi connectivity index (χ0v) is 16.7. The van der Waals surface area contributed by atoms with E-state index in [0.29, 0.717) is 15.9 Å². The summed E-state index contributed by atoms with van der Waals surface area (Å²) in [5.74, 6) is 0.536. The number of halogens is 2. The Balaban J connectivity index is 1.79. The molecule has 0 fully saturated rings. The Hall–Kier alpha value is -1.88. The van der Waals surface area contributed by atoms with Crippen molar-refractivity contribution in [2.24, 2.45) is 0 Å². The molecule has 3 nitrogen and oxygen atoms in total. The first-order chi connectivity index (χ1) is 12.3. The lowest BCUT2D eigenvalue weighted by molar-refractivity contribution is 0.531. The number of allylic oxidation sites excluding steroid dienone is 2. The van der Waals surface area contributed by atoms with Crippen molar-refractivity contribution in [2.75, 3.05) is 5.73 Å². The van der Waals surface area contributed by atoms with Crippen LogP contribution in [-0.4, -0.2) is 9.97 Å². The molecule has 0 amide bonds. The molecule has 2 N–H and O–H groups in total. The third-order valence-electron chi connectivity index (χ3n) is 4.58. The van der Waals surface area contributed by atoms with Gasteiger partial charge in [-0.15, -0.1) is 11.3 Å². The molecule has 0 bridgehead atoms. The number of nitrogens with two attached hydrogens (primary N) is 1. The fourth-order valence-corrected chi connectivity index (χ4v) is 4.91. The predicted octanol–water partition coefficient (Wildman–Crippen LogP) is 6.36. The highest BCUT2D eigenvalue weighted by Crippen LogP contribution is 2.47. The molecule has 0 unspecified atom stereocenters. The molecule has 1 aromatic carbocycles. The number of nitrogen functional groups attached to an aromatic ring is 1. The molecule has 3 aromatic rings. The SMILES string of the molecule is CC1(C)CC(/C=C/c2ccc(Cl)c(Cl)c2)=Cc2c1sc1ncnc(N)c21. The van der Waals surface area contributed by atoms with Gasteiger partial charge in [-0.05, 0) is 35.8 Å². The zero-order chi connectivity index (χ0) is 18.5. The third-order valence-corrected chi connectivity index (χ3v) is 6.80. The van der Waals surface area contributed by atoms with Crippen LogP contribution >= 0.6 is 34.5 Å². The first-order valence-electron chi connectivity index (χ1n) is 8.22. The average molecular weight is 402 g/mol. The lowest BCUT2D eigenvalue weighted by Crippen LogP contribution is -2.20. The number of anilines is 1. The predicted molar refractivity (Wildman–Crippen MR) is 113 cm³/mol. The van der Waals surface area contributed by atoms with E-state index in [-0.39, 0.29) is 5.41 Å². The first kappa shape index (κ1) is 17.5. The highest BCUT2D eigenvalue weighted by molar-refractivity contribution is 7.19. The Morgan fingerprint density at radius 3 is 2.73 bits per heavy atom. The second kappa shape index (κ2) is 6.38. The van der Waals surface area contributed by atoms with E-state index in [0.717, 1.165) is 27.8 Å². The number of benzene rings is 1. The van der Waals surface area contributed by atoms with Gasteiger partial charge in [0.05, 0.1) is 15.4 Å². The topological polar surface area (TPSA) is 51.8 Å². The van der Waals surface area contributed by atoms with Crippen molar-refractivity contribution < 1.29 is 0 Å². The summed E-state index contributed by atoms with van der Waals surface area (Å²) in [7, 11) is 0. The molecule has 26 heavy (non-hydrogen) atoms. The average Bonchev–Trinajstić information content (AvgIpc) is 2.97. The number of hydrogen-bond acceptors (Lipinski definition) is 4.